The summed E-state index contributed by atoms with van der Waals surface area (Å²) in [6, 6.07) is 13.2. The molecule has 2 aromatic carbocycles. The molecule has 2 heterocycles. The Morgan fingerprint density at radius 3 is 2.19 bits per heavy atom. The van der Waals surface area contributed by atoms with E-state index in [2.05, 4.69) is 10.2 Å². The van der Waals surface area contributed by atoms with E-state index in [1.54, 1.807) is 32.2 Å². The lowest BCUT2D eigenvalue weighted by atomic mass is 10.0. The molecule has 0 unspecified atom stereocenters. The van der Waals surface area contributed by atoms with Crippen LogP contribution in [0.3, 0.4) is 0 Å². The molecule has 0 saturated carbocycles. The number of hydrogen-bond acceptors (Lipinski definition) is 6. The molecule has 7 heteroatoms. The van der Waals surface area contributed by atoms with Crippen LogP contribution in [0.1, 0.15) is 25.3 Å². The largest absolute Gasteiger partial charge is 0.493 e. The van der Waals surface area contributed by atoms with E-state index in [9.17, 15) is 9.59 Å². The zero-order valence-corrected chi connectivity index (χ0v) is 18.1. The maximum absolute atomic E-state index is 13.1. The number of benzene rings is 2. The Bertz CT molecular complexity index is 1020. The quantitative estimate of drug-likeness (QED) is 0.690. The van der Waals surface area contributed by atoms with E-state index >= 15 is 0 Å². The lowest BCUT2D eigenvalue weighted by Gasteiger charge is -2.18. The average molecular weight is 421 g/mol. The highest BCUT2D eigenvalue weighted by atomic mass is 16.5. The normalized spacial score (nSPS) is 16.4. The van der Waals surface area contributed by atoms with Crippen LogP contribution in [0.4, 0.5) is 11.4 Å². The molecule has 0 atom stereocenters. The van der Waals surface area contributed by atoms with Crippen LogP contribution in [0.2, 0.25) is 0 Å². The van der Waals surface area contributed by atoms with Crippen LogP contribution in [0, 0.1) is 0 Å². The summed E-state index contributed by atoms with van der Waals surface area (Å²) >= 11 is 0. The molecule has 1 fully saturated rings. The van der Waals surface area contributed by atoms with Crippen molar-refractivity contribution in [3.63, 3.8) is 0 Å². The molecule has 1 N–H and O–H groups in total. The van der Waals surface area contributed by atoms with Crippen molar-refractivity contribution in [2.24, 2.45) is 0 Å². The predicted octanol–water partition coefficient (Wildman–Crippen LogP) is 3.52. The van der Waals surface area contributed by atoms with Gasteiger partial charge in [0.05, 0.1) is 19.8 Å². The zero-order valence-electron chi connectivity index (χ0n) is 18.1. The van der Waals surface area contributed by atoms with Gasteiger partial charge in [0.15, 0.2) is 11.5 Å². The molecule has 0 aromatic heterocycles. The molecule has 0 bridgehead atoms. The molecule has 162 valence electrons. The smallest absolute Gasteiger partial charge is 0.278 e. The summed E-state index contributed by atoms with van der Waals surface area (Å²) in [4.78, 5) is 29.7. The van der Waals surface area contributed by atoms with E-state index in [-0.39, 0.29) is 17.5 Å². The van der Waals surface area contributed by atoms with E-state index in [4.69, 9.17) is 9.47 Å². The van der Waals surface area contributed by atoms with Crippen LogP contribution in [0.15, 0.2) is 48.2 Å². The highest BCUT2D eigenvalue weighted by Crippen LogP contribution is 2.35. The van der Waals surface area contributed by atoms with Crippen LogP contribution in [0.25, 0.3) is 5.57 Å². The maximum Gasteiger partial charge on any atom is 0.278 e. The first-order valence-corrected chi connectivity index (χ1v) is 10.5. The van der Waals surface area contributed by atoms with Crippen LogP contribution < -0.4 is 19.7 Å². The Hall–Kier alpha value is -3.48. The van der Waals surface area contributed by atoms with E-state index in [1.165, 1.54) is 30.5 Å². The van der Waals surface area contributed by atoms with Gasteiger partial charge in [-0.25, -0.2) is 0 Å². The predicted molar refractivity (Wildman–Crippen MR) is 120 cm³/mol. The Morgan fingerprint density at radius 1 is 0.903 bits per heavy atom. The summed E-state index contributed by atoms with van der Waals surface area (Å²) in [5, 5.41) is 3.19. The van der Waals surface area contributed by atoms with Crippen molar-refractivity contribution in [2.75, 3.05) is 44.1 Å². The summed E-state index contributed by atoms with van der Waals surface area (Å²) in [6.45, 7) is 4.23. The monoisotopic (exact) mass is 421 g/mol. The van der Waals surface area contributed by atoms with Crippen LogP contribution >= 0.6 is 0 Å². The molecule has 4 rings (SSSR count). The van der Waals surface area contributed by atoms with Crippen molar-refractivity contribution >= 4 is 28.8 Å². The van der Waals surface area contributed by atoms with Gasteiger partial charge in [-0.1, -0.05) is 6.07 Å². The number of nitrogens with zero attached hydrogens (tertiary/aromatic N) is 2. The molecular formula is C24H27N3O4. The first-order chi connectivity index (χ1) is 15.1. The molecule has 2 aliphatic heterocycles. The van der Waals surface area contributed by atoms with Crippen LogP contribution in [-0.2, 0) is 9.59 Å². The molecule has 7 nitrogen and oxygen atoms in total. The number of anilines is 2. The Balaban J connectivity index is 1.70. The molecule has 2 amide bonds. The van der Waals surface area contributed by atoms with Gasteiger partial charge in [-0.15, -0.1) is 0 Å². The van der Waals surface area contributed by atoms with Crippen molar-refractivity contribution in [1.29, 1.82) is 0 Å². The van der Waals surface area contributed by atoms with Gasteiger partial charge in [-0.3, -0.25) is 14.5 Å². The number of imide groups is 1. The summed E-state index contributed by atoms with van der Waals surface area (Å²) in [5.41, 5.74) is 3.13. The number of ether oxygens (including phenoxy) is 2. The van der Waals surface area contributed by atoms with E-state index in [0.29, 0.717) is 29.2 Å². The van der Waals surface area contributed by atoms with E-state index in [0.717, 1.165) is 18.8 Å². The number of amides is 2. The molecular weight excluding hydrogens is 394 g/mol. The van der Waals surface area contributed by atoms with E-state index < -0.39 is 0 Å². The van der Waals surface area contributed by atoms with Gasteiger partial charge in [-0.2, -0.15) is 0 Å². The van der Waals surface area contributed by atoms with Crippen molar-refractivity contribution in [3.05, 3.63) is 53.7 Å². The van der Waals surface area contributed by atoms with Crippen molar-refractivity contribution in [2.45, 2.75) is 19.8 Å². The lowest BCUT2D eigenvalue weighted by Crippen LogP contribution is -2.32. The van der Waals surface area contributed by atoms with Gasteiger partial charge in [-0.05, 0) is 61.7 Å². The van der Waals surface area contributed by atoms with E-state index in [1.807, 2.05) is 24.3 Å². The van der Waals surface area contributed by atoms with Gasteiger partial charge in [0, 0.05) is 31.0 Å². The number of carbonyl (C=O) groups is 2. The second-order valence-corrected chi connectivity index (χ2v) is 7.54. The van der Waals surface area contributed by atoms with Gasteiger partial charge in [0.1, 0.15) is 5.70 Å². The van der Waals surface area contributed by atoms with Gasteiger partial charge < -0.3 is 19.7 Å². The fraction of sp³-hybridized carbons (Fsp3) is 0.333. The van der Waals surface area contributed by atoms with Crippen molar-refractivity contribution in [3.8, 4) is 11.5 Å². The second kappa shape index (κ2) is 8.71. The molecule has 0 radical (unpaired) electrons. The summed E-state index contributed by atoms with van der Waals surface area (Å²) in [6.07, 6.45) is 2.43. The van der Waals surface area contributed by atoms with Gasteiger partial charge in [0.25, 0.3) is 11.8 Å². The summed E-state index contributed by atoms with van der Waals surface area (Å²) in [5.74, 6) is 0.400. The minimum atomic E-state index is -0.332. The van der Waals surface area contributed by atoms with Crippen LogP contribution in [-0.4, -0.2) is 50.6 Å². The van der Waals surface area contributed by atoms with Crippen molar-refractivity contribution < 1.29 is 19.1 Å². The third-order valence-corrected chi connectivity index (χ3v) is 5.76. The number of nitrogens with one attached hydrogen (secondary N) is 1. The lowest BCUT2D eigenvalue weighted by molar-refractivity contribution is -0.136. The fourth-order valence-electron chi connectivity index (χ4n) is 4.11. The Kier molecular flexibility index (Phi) is 5.84. The minimum absolute atomic E-state index is 0.271. The molecule has 2 aromatic rings. The minimum Gasteiger partial charge on any atom is -0.493 e. The van der Waals surface area contributed by atoms with Crippen LogP contribution in [0.5, 0.6) is 11.5 Å². The summed E-state index contributed by atoms with van der Waals surface area (Å²) < 4.78 is 10.7. The molecule has 31 heavy (non-hydrogen) atoms. The fourth-order valence-corrected chi connectivity index (χ4v) is 4.11. The molecule has 1 saturated heterocycles. The van der Waals surface area contributed by atoms with Gasteiger partial charge >= 0.3 is 0 Å². The third-order valence-electron chi connectivity index (χ3n) is 5.76. The first-order valence-electron chi connectivity index (χ1n) is 10.5. The SMILES string of the molecule is CCN1C(=O)C(Nc2ccc(N3CCCC3)cc2)=C(c2ccc(OC)c(OC)c2)C1=O. The maximum atomic E-state index is 13.1. The zero-order chi connectivity index (χ0) is 22.0. The number of hydrogen-bond donors (Lipinski definition) is 1. The topological polar surface area (TPSA) is 71.1 Å². The highest BCUT2D eigenvalue weighted by molar-refractivity contribution is 6.36. The number of carbonyl (C=O) groups excluding carboxylic acids is 2. The second-order valence-electron chi connectivity index (χ2n) is 7.54. The number of rotatable bonds is 7. The Labute approximate surface area is 182 Å². The average Bonchev–Trinajstić information content (AvgIpc) is 3.41. The number of likely N-dealkylation sites (N-methyl/N-ethyl adjacent to an activating group) is 1. The standard InChI is InChI=1S/C24H27N3O4/c1-4-27-23(28)21(16-7-12-19(30-2)20(15-16)31-3)22(24(27)29)25-17-8-10-18(11-9-17)26-13-5-6-14-26/h7-12,15,25H,4-6,13-14H2,1-3H3. The highest BCUT2D eigenvalue weighted by Gasteiger charge is 2.38. The third kappa shape index (κ3) is 3.83. The Morgan fingerprint density at radius 2 is 1.58 bits per heavy atom. The first kappa shape index (κ1) is 20.8. The number of methoxy groups -OCH3 is 2. The molecule has 0 aliphatic carbocycles. The molecule has 2 aliphatic rings. The van der Waals surface area contributed by atoms with Crippen molar-refractivity contribution in [1.82, 2.24) is 4.90 Å². The van der Waals surface area contributed by atoms with Gasteiger partial charge in [0.2, 0.25) is 0 Å². The summed E-state index contributed by atoms with van der Waals surface area (Å²) in [7, 11) is 3.09. The molecule has 0 spiro atoms.